The van der Waals surface area contributed by atoms with Gasteiger partial charge in [-0.15, -0.1) is 10.2 Å². The zero-order valence-electron chi connectivity index (χ0n) is 14.8. The molecule has 0 saturated carbocycles. The molecule has 1 N–H and O–H groups in total. The lowest BCUT2D eigenvalue weighted by Gasteiger charge is -2.18. The van der Waals surface area contributed by atoms with Crippen molar-refractivity contribution in [2.45, 2.75) is 5.16 Å². The standard InChI is InChI=1S/C19H15FN4O3S/c1-24-18(12-4-2-3-5-13(12)20)22-23-19(24)28-10-15(25)11-6-7-16-14(8-11)21-17(26)9-27-16/h2-8H,9-10H2,1H3,(H,21,26). The maximum Gasteiger partial charge on any atom is 0.262 e. The average molecular weight is 398 g/mol. The molecule has 9 heteroatoms. The Balaban J connectivity index is 1.48. The molecule has 1 aliphatic rings. The van der Waals surface area contributed by atoms with E-state index >= 15 is 0 Å². The molecule has 3 aromatic rings. The summed E-state index contributed by atoms with van der Waals surface area (Å²) in [6.45, 7) is -0.0351. The first-order valence-corrected chi connectivity index (χ1v) is 9.38. The van der Waals surface area contributed by atoms with Crippen LogP contribution < -0.4 is 10.1 Å². The highest BCUT2D eigenvalue weighted by molar-refractivity contribution is 7.99. The van der Waals surface area contributed by atoms with Crippen LogP contribution in [0.4, 0.5) is 10.1 Å². The molecule has 1 aromatic heterocycles. The number of carbonyl (C=O) groups excluding carboxylic acids is 2. The van der Waals surface area contributed by atoms with Crippen molar-refractivity contribution in [2.75, 3.05) is 17.7 Å². The number of hydrogen-bond acceptors (Lipinski definition) is 6. The van der Waals surface area contributed by atoms with E-state index in [4.69, 9.17) is 4.74 Å². The Hall–Kier alpha value is -3.20. The Labute approximate surface area is 163 Å². The lowest BCUT2D eigenvalue weighted by molar-refractivity contribution is -0.118. The molecule has 0 fully saturated rings. The van der Waals surface area contributed by atoms with Crippen molar-refractivity contribution in [1.82, 2.24) is 14.8 Å². The molecule has 2 aromatic carbocycles. The number of aromatic nitrogens is 3. The summed E-state index contributed by atoms with van der Waals surface area (Å²) in [4.78, 5) is 24.0. The SMILES string of the molecule is Cn1c(SCC(=O)c2ccc3c(c2)NC(=O)CO3)nnc1-c1ccccc1F. The molecule has 1 aliphatic heterocycles. The third-order valence-corrected chi connectivity index (χ3v) is 5.24. The molecule has 4 rings (SSSR count). The highest BCUT2D eigenvalue weighted by Gasteiger charge is 2.19. The molecule has 0 radical (unpaired) electrons. The van der Waals surface area contributed by atoms with Crippen molar-refractivity contribution in [3.8, 4) is 17.1 Å². The quantitative estimate of drug-likeness (QED) is 0.525. The van der Waals surface area contributed by atoms with Gasteiger partial charge in [-0.2, -0.15) is 0 Å². The number of amides is 1. The molecular formula is C19H15FN4O3S. The highest BCUT2D eigenvalue weighted by Crippen LogP contribution is 2.30. The Morgan fingerprint density at radius 3 is 2.93 bits per heavy atom. The van der Waals surface area contributed by atoms with Gasteiger partial charge in [0.25, 0.3) is 5.91 Å². The van der Waals surface area contributed by atoms with Crippen molar-refractivity contribution in [3.63, 3.8) is 0 Å². The number of halogens is 1. The Bertz CT molecular complexity index is 1080. The minimum absolute atomic E-state index is 0.0351. The van der Waals surface area contributed by atoms with Crippen molar-refractivity contribution in [1.29, 1.82) is 0 Å². The normalized spacial score (nSPS) is 12.9. The minimum atomic E-state index is -0.385. The monoisotopic (exact) mass is 398 g/mol. The summed E-state index contributed by atoms with van der Waals surface area (Å²) in [6, 6.07) is 11.2. The van der Waals surface area contributed by atoms with Crippen LogP contribution in [0.5, 0.6) is 5.75 Å². The summed E-state index contributed by atoms with van der Waals surface area (Å²) in [7, 11) is 1.72. The van der Waals surface area contributed by atoms with Crippen molar-refractivity contribution >= 4 is 29.1 Å². The number of nitrogens with one attached hydrogen (secondary N) is 1. The summed E-state index contributed by atoms with van der Waals surface area (Å²) in [5.41, 5.74) is 1.28. The molecule has 0 spiro atoms. The van der Waals surface area contributed by atoms with Crippen LogP contribution in [0.3, 0.4) is 0 Å². The Kier molecular flexibility index (Phi) is 4.82. The number of thioether (sulfide) groups is 1. The third-order valence-electron chi connectivity index (χ3n) is 4.22. The number of ether oxygens (including phenoxy) is 1. The van der Waals surface area contributed by atoms with E-state index in [1.165, 1.54) is 17.8 Å². The van der Waals surface area contributed by atoms with Crippen LogP contribution in [0.1, 0.15) is 10.4 Å². The predicted octanol–water partition coefficient (Wildman–Crippen LogP) is 2.93. The zero-order valence-corrected chi connectivity index (χ0v) is 15.6. The number of anilines is 1. The fraction of sp³-hybridized carbons (Fsp3) is 0.158. The fourth-order valence-electron chi connectivity index (χ4n) is 2.79. The van der Waals surface area contributed by atoms with E-state index in [0.29, 0.717) is 33.5 Å². The molecule has 142 valence electrons. The van der Waals surface area contributed by atoms with Crippen LogP contribution in [-0.2, 0) is 11.8 Å². The van der Waals surface area contributed by atoms with Crippen molar-refractivity contribution in [2.24, 2.45) is 7.05 Å². The van der Waals surface area contributed by atoms with Gasteiger partial charge in [0.2, 0.25) is 0 Å². The van der Waals surface area contributed by atoms with Gasteiger partial charge in [0, 0.05) is 12.6 Å². The van der Waals surface area contributed by atoms with Crippen LogP contribution in [0.2, 0.25) is 0 Å². The van der Waals surface area contributed by atoms with Crippen molar-refractivity contribution in [3.05, 3.63) is 53.8 Å². The van der Waals surface area contributed by atoms with Gasteiger partial charge in [-0.3, -0.25) is 9.59 Å². The van der Waals surface area contributed by atoms with E-state index in [-0.39, 0.29) is 29.9 Å². The Morgan fingerprint density at radius 1 is 1.29 bits per heavy atom. The topological polar surface area (TPSA) is 86.1 Å². The second-order valence-electron chi connectivity index (χ2n) is 6.10. The number of nitrogens with zero attached hydrogens (tertiary/aromatic N) is 3. The smallest absolute Gasteiger partial charge is 0.262 e. The maximum atomic E-state index is 14.0. The van der Waals surface area contributed by atoms with Gasteiger partial charge in [0.15, 0.2) is 23.4 Å². The predicted molar refractivity (Wildman–Crippen MR) is 102 cm³/mol. The molecule has 2 heterocycles. The zero-order chi connectivity index (χ0) is 19.7. The summed E-state index contributed by atoms with van der Waals surface area (Å²) >= 11 is 1.21. The number of rotatable bonds is 5. The lowest BCUT2D eigenvalue weighted by Crippen LogP contribution is -2.25. The van der Waals surface area contributed by atoms with Gasteiger partial charge in [0.1, 0.15) is 11.6 Å². The van der Waals surface area contributed by atoms with E-state index in [0.717, 1.165) is 0 Å². The van der Waals surface area contributed by atoms with Crippen molar-refractivity contribution < 1.29 is 18.7 Å². The van der Waals surface area contributed by atoms with Gasteiger partial charge < -0.3 is 14.6 Å². The van der Waals surface area contributed by atoms with Gasteiger partial charge in [-0.1, -0.05) is 23.9 Å². The van der Waals surface area contributed by atoms with Gasteiger partial charge in [-0.25, -0.2) is 4.39 Å². The summed E-state index contributed by atoms with van der Waals surface area (Å²) in [5, 5.41) is 11.3. The molecule has 0 unspecified atom stereocenters. The fourth-order valence-corrected chi connectivity index (χ4v) is 3.59. The van der Waals surface area contributed by atoms with Gasteiger partial charge in [-0.05, 0) is 30.3 Å². The molecule has 0 bridgehead atoms. The summed E-state index contributed by atoms with van der Waals surface area (Å²) < 4.78 is 20.9. The Morgan fingerprint density at radius 2 is 2.11 bits per heavy atom. The second-order valence-corrected chi connectivity index (χ2v) is 7.05. The lowest BCUT2D eigenvalue weighted by atomic mass is 10.1. The minimum Gasteiger partial charge on any atom is -0.482 e. The van der Waals surface area contributed by atoms with E-state index < -0.39 is 0 Å². The number of fused-ring (bicyclic) bond motifs is 1. The average Bonchev–Trinajstić information content (AvgIpc) is 3.06. The molecule has 28 heavy (non-hydrogen) atoms. The number of carbonyl (C=O) groups is 2. The summed E-state index contributed by atoms with van der Waals surface area (Å²) in [5.74, 6) is 0.267. The molecule has 7 nitrogen and oxygen atoms in total. The van der Waals surface area contributed by atoms with Crippen LogP contribution in [-0.4, -0.2) is 38.8 Å². The summed E-state index contributed by atoms with van der Waals surface area (Å²) in [6.07, 6.45) is 0. The highest BCUT2D eigenvalue weighted by atomic mass is 32.2. The van der Waals surface area contributed by atoms with Gasteiger partial charge in [0.05, 0.1) is 17.0 Å². The third kappa shape index (κ3) is 3.48. The van der Waals surface area contributed by atoms with Gasteiger partial charge >= 0.3 is 0 Å². The largest absolute Gasteiger partial charge is 0.482 e. The van der Waals surface area contributed by atoms with E-state index in [2.05, 4.69) is 15.5 Å². The van der Waals surface area contributed by atoms with E-state index in [1.807, 2.05) is 0 Å². The van der Waals surface area contributed by atoms with Crippen LogP contribution in [0.15, 0.2) is 47.6 Å². The van der Waals surface area contributed by atoms with Crippen LogP contribution in [0.25, 0.3) is 11.4 Å². The number of ketones is 1. The molecular weight excluding hydrogens is 383 g/mol. The van der Waals surface area contributed by atoms with Crippen LogP contribution in [0, 0.1) is 5.82 Å². The maximum absolute atomic E-state index is 14.0. The number of hydrogen-bond donors (Lipinski definition) is 1. The van der Waals surface area contributed by atoms with E-state index in [1.54, 1.807) is 48.0 Å². The molecule has 0 atom stereocenters. The molecule has 0 aliphatic carbocycles. The number of Topliss-reactive ketones (excluding diaryl/α,β-unsaturated/α-hetero) is 1. The van der Waals surface area contributed by atoms with E-state index in [9.17, 15) is 14.0 Å². The molecule has 0 saturated heterocycles. The van der Waals surface area contributed by atoms with Crippen LogP contribution >= 0.6 is 11.8 Å². The first kappa shape index (κ1) is 18.2. The molecule has 1 amide bonds. The first-order valence-electron chi connectivity index (χ1n) is 8.40. The number of benzene rings is 2. The first-order chi connectivity index (χ1) is 13.5. The second kappa shape index (κ2) is 7.43.